The van der Waals surface area contributed by atoms with Gasteiger partial charge in [0.25, 0.3) is 0 Å². The molecule has 0 bridgehead atoms. The summed E-state index contributed by atoms with van der Waals surface area (Å²) in [7, 11) is 0. The van der Waals surface area contributed by atoms with E-state index in [1.165, 1.54) is 0 Å². The van der Waals surface area contributed by atoms with Crippen molar-refractivity contribution in [2.45, 2.75) is 46.0 Å². The van der Waals surface area contributed by atoms with Crippen LogP contribution in [-0.4, -0.2) is 5.78 Å². The Morgan fingerprint density at radius 3 is 2.22 bits per heavy atom. The molecule has 0 aromatic heterocycles. The predicted molar refractivity (Wildman–Crippen MR) is 89.6 cm³/mol. The summed E-state index contributed by atoms with van der Waals surface area (Å²) in [5.74, 6) is -1.50. The van der Waals surface area contributed by atoms with Crippen LogP contribution in [0.25, 0.3) is 11.1 Å². The summed E-state index contributed by atoms with van der Waals surface area (Å²) in [6.07, 6.45) is 3.64. The Kier molecular flexibility index (Phi) is 6.03. The molecule has 0 aliphatic heterocycles. The van der Waals surface area contributed by atoms with Crippen LogP contribution in [0, 0.1) is 11.6 Å². The van der Waals surface area contributed by atoms with Crippen LogP contribution < -0.4 is 0 Å². The van der Waals surface area contributed by atoms with Gasteiger partial charge in [0, 0.05) is 17.5 Å². The zero-order valence-corrected chi connectivity index (χ0v) is 13.7. The van der Waals surface area contributed by atoms with Crippen molar-refractivity contribution in [3.8, 4) is 11.1 Å². The number of carbonyl (C=O) groups excluding carboxylic acids is 1. The minimum atomic E-state index is -0.819. The SMILES string of the molecule is CCCCC(=O)c1ccc(-c2ccc(CCC)c(F)c2F)cc1. The Balaban J connectivity index is 2.26. The minimum absolute atomic E-state index is 0.0864. The molecule has 0 atom stereocenters. The first kappa shape index (κ1) is 17.3. The van der Waals surface area contributed by atoms with Crippen molar-refractivity contribution >= 4 is 5.78 Å². The average Bonchev–Trinajstić information content (AvgIpc) is 2.57. The number of carbonyl (C=O) groups is 1. The van der Waals surface area contributed by atoms with Gasteiger partial charge in [0.05, 0.1) is 0 Å². The smallest absolute Gasteiger partial charge is 0.166 e. The van der Waals surface area contributed by atoms with E-state index in [9.17, 15) is 13.6 Å². The minimum Gasteiger partial charge on any atom is -0.294 e. The molecule has 0 heterocycles. The Labute approximate surface area is 136 Å². The van der Waals surface area contributed by atoms with E-state index >= 15 is 0 Å². The summed E-state index contributed by atoms with van der Waals surface area (Å²) in [5, 5.41) is 0. The van der Waals surface area contributed by atoms with Gasteiger partial charge in [0.15, 0.2) is 17.4 Å². The second kappa shape index (κ2) is 8.00. The maximum atomic E-state index is 14.3. The third kappa shape index (κ3) is 4.04. The van der Waals surface area contributed by atoms with E-state index in [0.29, 0.717) is 29.5 Å². The summed E-state index contributed by atoms with van der Waals surface area (Å²) >= 11 is 0. The lowest BCUT2D eigenvalue weighted by Gasteiger charge is -2.09. The average molecular weight is 316 g/mol. The van der Waals surface area contributed by atoms with Crippen LogP contribution in [0.15, 0.2) is 36.4 Å². The molecule has 0 spiro atoms. The number of aryl methyl sites for hydroxylation is 1. The fraction of sp³-hybridized carbons (Fsp3) is 0.350. The van der Waals surface area contributed by atoms with Gasteiger partial charge >= 0.3 is 0 Å². The van der Waals surface area contributed by atoms with Gasteiger partial charge in [-0.1, -0.05) is 63.1 Å². The highest BCUT2D eigenvalue weighted by Gasteiger charge is 2.14. The Morgan fingerprint density at radius 2 is 1.61 bits per heavy atom. The van der Waals surface area contributed by atoms with E-state index in [1.54, 1.807) is 36.4 Å². The monoisotopic (exact) mass is 316 g/mol. The predicted octanol–water partition coefficient (Wildman–Crippen LogP) is 5.96. The molecule has 0 N–H and O–H groups in total. The van der Waals surface area contributed by atoms with Crippen LogP contribution in [0.2, 0.25) is 0 Å². The van der Waals surface area contributed by atoms with Gasteiger partial charge < -0.3 is 0 Å². The molecule has 0 fully saturated rings. The van der Waals surface area contributed by atoms with Gasteiger partial charge in [-0.3, -0.25) is 4.79 Å². The number of benzene rings is 2. The molecule has 0 radical (unpaired) electrons. The van der Waals surface area contributed by atoms with Crippen LogP contribution in [0.3, 0.4) is 0 Å². The molecule has 2 aromatic rings. The van der Waals surface area contributed by atoms with E-state index in [2.05, 4.69) is 0 Å². The molecule has 122 valence electrons. The van der Waals surface area contributed by atoms with Crippen LogP contribution in [0.1, 0.15) is 55.5 Å². The van der Waals surface area contributed by atoms with Gasteiger partial charge in [-0.2, -0.15) is 0 Å². The molecule has 23 heavy (non-hydrogen) atoms. The number of rotatable bonds is 7. The first-order chi connectivity index (χ1) is 11.1. The van der Waals surface area contributed by atoms with Crippen molar-refractivity contribution in [3.05, 3.63) is 59.2 Å². The zero-order valence-electron chi connectivity index (χ0n) is 13.7. The standard InChI is InChI=1S/C20H22F2O/c1-3-5-7-18(23)15-10-8-14(9-11-15)17-13-12-16(6-4-2)19(21)20(17)22/h8-13H,3-7H2,1-2H3. The fourth-order valence-electron chi connectivity index (χ4n) is 2.59. The topological polar surface area (TPSA) is 17.1 Å². The fourth-order valence-corrected chi connectivity index (χ4v) is 2.59. The summed E-state index contributed by atoms with van der Waals surface area (Å²) in [5.41, 5.74) is 1.83. The number of unbranched alkanes of at least 4 members (excludes halogenated alkanes) is 1. The maximum absolute atomic E-state index is 14.3. The van der Waals surface area contributed by atoms with Gasteiger partial charge in [0.1, 0.15) is 0 Å². The van der Waals surface area contributed by atoms with E-state index in [0.717, 1.165) is 19.3 Å². The van der Waals surface area contributed by atoms with Gasteiger partial charge in [0.2, 0.25) is 0 Å². The first-order valence-corrected chi connectivity index (χ1v) is 8.19. The van der Waals surface area contributed by atoms with Crippen LogP contribution in [-0.2, 0) is 6.42 Å². The molecule has 2 aromatic carbocycles. The molecular formula is C20H22F2O. The Bertz CT molecular complexity index is 675. The molecular weight excluding hydrogens is 294 g/mol. The highest BCUT2D eigenvalue weighted by Crippen LogP contribution is 2.27. The van der Waals surface area contributed by atoms with Crippen LogP contribution in [0.4, 0.5) is 8.78 Å². The lowest BCUT2D eigenvalue weighted by atomic mass is 9.98. The first-order valence-electron chi connectivity index (χ1n) is 8.19. The molecule has 3 heteroatoms. The van der Waals surface area contributed by atoms with Crippen molar-refractivity contribution in [2.24, 2.45) is 0 Å². The number of ketones is 1. The highest BCUT2D eigenvalue weighted by atomic mass is 19.2. The molecule has 2 rings (SSSR count). The second-order valence-electron chi connectivity index (χ2n) is 5.75. The number of halogens is 2. The van der Waals surface area contributed by atoms with E-state index in [1.807, 2.05) is 13.8 Å². The lowest BCUT2D eigenvalue weighted by molar-refractivity contribution is 0.0980. The van der Waals surface area contributed by atoms with Crippen LogP contribution >= 0.6 is 0 Å². The van der Waals surface area contributed by atoms with Crippen molar-refractivity contribution < 1.29 is 13.6 Å². The Morgan fingerprint density at radius 1 is 0.913 bits per heavy atom. The quantitative estimate of drug-likeness (QED) is 0.576. The second-order valence-corrected chi connectivity index (χ2v) is 5.75. The van der Waals surface area contributed by atoms with Crippen molar-refractivity contribution in [1.29, 1.82) is 0 Å². The maximum Gasteiger partial charge on any atom is 0.166 e. The van der Waals surface area contributed by atoms with Gasteiger partial charge in [-0.25, -0.2) is 8.78 Å². The zero-order chi connectivity index (χ0) is 16.8. The van der Waals surface area contributed by atoms with Gasteiger partial charge in [-0.05, 0) is 24.0 Å². The normalized spacial score (nSPS) is 10.8. The lowest BCUT2D eigenvalue weighted by Crippen LogP contribution is -1.99. The van der Waals surface area contributed by atoms with E-state index in [4.69, 9.17) is 0 Å². The highest BCUT2D eigenvalue weighted by molar-refractivity contribution is 5.96. The summed E-state index contributed by atoms with van der Waals surface area (Å²) in [6, 6.07) is 9.97. The van der Waals surface area contributed by atoms with Crippen molar-refractivity contribution in [1.82, 2.24) is 0 Å². The molecule has 0 aliphatic carbocycles. The molecule has 0 aliphatic rings. The third-order valence-electron chi connectivity index (χ3n) is 3.96. The molecule has 0 unspecified atom stereocenters. The summed E-state index contributed by atoms with van der Waals surface area (Å²) < 4.78 is 28.3. The number of Topliss-reactive ketones (excluding diaryl/α,β-unsaturated/α-hetero) is 1. The molecule has 0 saturated heterocycles. The van der Waals surface area contributed by atoms with Crippen LogP contribution in [0.5, 0.6) is 0 Å². The largest absolute Gasteiger partial charge is 0.294 e. The molecule has 1 nitrogen and oxygen atoms in total. The Hall–Kier alpha value is -2.03. The number of hydrogen-bond acceptors (Lipinski definition) is 1. The molecule has 0 amide bonds. The molecule has 0 saturated carbocycles. The number of hydrogen-bond donors (Lipinski definition) is 0. The van der Waals surface area contributed by atoms with Gasteiger partial charge in [-0.15, -0.1) is 0 Å². The van der Waals surface area contributed by atoms with E-state index in [-0.39, 0.29) is 11.3 Å². The third-order valence-corrected chi connectivity index (χ3v) is 3.96. The van der Waals surface area contributed by atoms with Crippen molar-refractivity contribution in [2.75, 3.05) is 0 Å². The summed E-state index contributed by atoms with van der Waals surface area (Å²) in [4.78, 5) is 12.0. The van der Waals surface area contributed by atoms with Crippen molar-refractivity contribution in [3.63, 3.8) is 0 Å². The summed E-state index contributed by atoms with van der Waals surface area (Å²) in [6.45, 7) is 3.97. The van der Waals surface area contributed by atoms with E-state index < -0.39 is 11.6 Å².